The van der Waals surface area contributed by atoms with Gasteiger partial charge in [0, 0.05) is 18.7 Å². The molecule has 0 radical (unpaired) electrons. The lowest BCUT2D eigenvalue weighted by atomic mass is 10.0. The van der Waals surface area contributed by atoms with Crippen LogP contribution in [0.4, 0.5) is 0 Å². The molecule has 1 fully saturated rings. The first-order chi connectivity index (χ1) is 14.6. The zero-order valence-electron chi connectivity index (χ0n) is 17.6. The average Bonchev–Trinajstić information content (AvgIpc) is 2.80. The summed E-state index contributed by atoms with van der Waals surface area (Å²) < 4.78 is 45.1. The summed E-state index contributed by atoms with van der Waals surface area (Å²) >= 11 is 0. The topological polar surface area (TPSA) is 77.1 Å². The van der Waals surface area contributed by atoms with Crippen molar-refractivity contribution in [3.05, 3.63) is 48.0 Å². The van der Waals surface area contributed by atoms with Gasteiger partial charge in [0.05, 0.1) is 12.0 Å². The predicted molar refractivity (Wildman–Crippen MR) is 121 cm³/mol. The molecule has 2 aliphatic rings. The van der Waals surface area contributed by atoms with E-state index in [1.54, 1.807) is 19.2 Å². The second-order valence-corrected chi connectivity index (χ2v) is 9.31. The van der Waals surface area contributed by atoms with Crippen LogP contribution in [0.5, 0.6) is 17.2 Å². The van der Waals surface area contributed by atoms with Crippen molar-refractivity contribution in [1.82, 2.24) is 9.62 Å². The molecule has 0 saturated carbocycles. The van der Waals surface area contributed by atoms with Crippen molar-refractivity contribution >= 4 is 22.4 Å². The van der Waals surface area contributed by atoms with Crippen LogP contribution in [0.25, 0.3) is 0 Å². The van der Waals surface area contributed by atoms with E-state index in [1.165, 1.54) is 12.5 Å². The second kappa shape index (κ2) is 10.5. The molecule has 1 saturated heterocycles. The normalized spacial score (nSPS) is 17.5. The van der Waals surface area contributed by atoms with Crippen molar-refractivity contribution in [2.24, 2.45) is 0 Å². The van der Waals surface area contributed by atoms with Gasteiger partial charge in [0.15, 0.2) is 11.5 Å². The number of fused-ring (bicyclic) bond motifs is 1. The Balaban J connectivity index is 0.00000272. The van der Waals surface area contributed by atoms with Crippen LogP contribution in [0.1, 0.15) is 30.9 Å². The second-order valence-electron chi connectivity index (χ2n) is 7.54. The lowest BCUT2D eigenvalue weighted by Gasteiger charge is -2.35. The molecule has 170 valence electrons. The molecule has 7 nitrogen and oxygen atoms in total. The number of sulfonamides is 1. The Kier molecular flexibility index (Phi) is 8.05. The van der Waals surface area contributed by atoms with E-state index in [1.807, 2.05) is 24.3 Å². The maximum Gasteiger partial charge on any atom is 0.240 e. The van der Waals surface area contributed by atoms with Gasteiger partial charge in [0.25, 0.3) is 0 Å². The van der Waals surface area contributed by atoms with Crippen molar-refractivity contribution in [3.63, 3.8) is 0 Å². The Morgan fingerprint density at radius 1 is 1.00 bits per heavy atom. The third-order valence-electron chi connectivity index (χ3n) is 5.62. The molecule has 0 amide bonds. The number of ether oxygens (including phenoxy) is 3. The fourth-order valence-electron chi connectivity index (χ4n) is 3.98. The van der Waals surface area contributed by atoms with Crippen LogP contribution in [0.2, 0.25) is 0 Å². The highest BCUT2D eigenvalue weighted by molar-refractivity contribution is 7.89. The summed E-state index contributed by atoms with van der Waals surface area (Å²) in [7, 11) is -2.05. The lowest BCUT2D eigenvalue weighted by molar-refractivity contribution is 0.164. The molecule has 1 N–H and O–H groups in total. The molecule has 31 heavy (non-hydrogen) atoms. The molecule has 0 aliphatic carbocycles. The van der Waals surface area contributed by atoms with Gasteiger partial charge in [0.2, 0.25) is 10.0 Å². The van der Waals surface area contributed by atoms with Crippen LogP contribution in [-0.2, 0) is 10.0 Å². The number of piperidine rings is 1. The standard InChI is InChI=1S/C22H28N2O5S.ClH/c1-27-18-7-5-17(6-8-18)20(24-11-3-2-4-12-24)16-23-30(25,26)19-9-10-21-22(15-19)29-14-13-28-21;/h5-10,15,20,23H,2-4,11-14,16H2,1H3;1H. The maximum absolute atomic E-state index is 13.0. The Labute approximate surface area is 190 Å². The molecule has 0 bridgehead atoms. The van der Waals surface area contributed by atoms with Gasteiger partial charge in [-0.2, -0.15) is 0 Å². The lowest BCUT2D eigenvalue weighted by Crippen LogP contribution is -2.40. The monoisotopic (exact) mass is 468 g/mol. The number of halogens is 1. The Morgan fingerprint density at radius 3 is 2.35 bits per heavy atom. The molecule has 1 atom stereocenters. The van der Waals surface area contributed by atoms with Crippen LogP contribution >= 0.6 is 12.4 Å². The maximum atomic E-state index is 13.0. The van der Waals surface area contributed by atoms with E-state index >= 15 is 0 Å². The molecule has 1 unspecified atom stereocenters. The van der Waals surface area contributed by atoms with Gasteiger partial charge in [-0.05, 0) is 55.8 Å². The molecule has 2 heterocycles. The number of hydrogen-bond donors (Lipinski definition) is 1. The number of benzene rings is 2. The summed E-state index contributed by atoms with van der Waals surface area (Å²) in [5, 5.41) is 0. The van der Waals surface area contributed by atoms with Gasteiger partial charge in [-0.3, -0.25) is 4.90 Å². The van der Waals surface area contributed by atoms with Crippen LogP contribution in [-0.4, -0.2) is 53.3 Å². The average molecular weight is 469 g/mol. The summed E-state index contributed by atoms with van der Waals surface area (Å²) in [4.78, 5) is 2.54. The zero-order valence-corrected chi connectivity index (χ0v) is 19.2. The summed E-state index contributed by atoms with van der Waals surface area (Å²) in [5.41, 5.74) is 1.07. The highest BCUT2D eigenvalue weighted by atomic mass is 35.5. The van der Waals surface area contributed by atoms with E-state index in [4.69, 9.17) is 14.2 Å². The van der Waals surface area contributed by atoms with Crippen LogP contribution in [0, 0.1) is 0 Å². The fraction of sp³-hybridized carbons (Fsp3) is 0.455. The third kappa shape index (κ3) is 5.63. The van der Waals surface area contributed by atoms with Gasteiger partial charge < -0.3 is 14.2 Å². The van der Waals surface area contributed by atoms with Crippen LogP contribution in [0.15, 0.2) is 47.4 Å². The molecule has 4 rings (SSSR count). The molecular weight excluding hydrogens is 440 g/mol. The minimum atomic E-state index is -3.69. The number of nitrogens with zero attached hydrogens (tertiary/aromatic N) is 1. The summed E-state index contributed by atoms with van der Waals surface area (Å²) in [6.07, 6.45) is 3.47. The van der Waals surface area contributed by atoms with Crippen molar-refractivity contribution < 1.29 is 22.6 Å². The van der Waals surface area contributed by atoms with E-state index in [0.29, 0.717) is 31.3 Å². The molecule has 2 aliphatic heterocycles. The summed E-state index contributed by atoms with van der Waals surface area (Å²) in [6.45, 7) is 3.10. The van der Waals surface area contributed by atoms with Gasteiger partial charge in [0.1, 0.15) is 19.0 Å². The van der Waals surface area contributed by atoms with Crippen molar-refractivity contribution in [2.75, 3.05) is 40.0 Å². The van der Waals surface area contributed by atoms with Gasteiger partial charge in [-0.1, -0.05) is 18.6 Å². The van der Waals surface area contributed by atoms with Crippen molar-refractivity contribution in [1.29, 1.82) is 0 Å². The molecule has 9 heteroatoms. The minimum Gasteiger partial charge on any atom is -0.497 e. The number of likely N-dealkylation sites (tertiary alicyclic amines) is 1. The first-order valence-corrected chi connectivity index (χ1v) is 11.8. The van der Waals surface area contributed by atoms with E-state index in [0.717, 1.165) is 37.2 Å². The Bertz CT molecular complexity index is 962. The van der Waals surface area contributed by atoms with Crippen molar-refractivity contribution in [3.8, 4) is 17.2 Å². The highest BCUT2D eigenvalue weighted by Gasteiger charge is 2.26. The largest absolute Gasteiger partial charge is 0.497 e. The van der Waals surface area contributed by atoms with Crippen LogP contribution in [0.3, 0.4) is 0 Å². The quantitative estimate of drug-likeness (QED) is 0.671. The number of methoxy groups -OCH3 is 1. The van der Waals surface area contributed by atoms with Gasteiger partial charge in [-0.15, -0.1) is 12.4 Å². The molecule has 2 aromatic rings. The SMILES string of the molecule is COc1ccc(C(CNS(=O)(=O)c2ccc3c(c2)OCCO3)N2CCCCC2)cc1.Cl. The highest BCUT2D eigenvalue weighted by Crippen LogP contribution is 2.32. The number of nitrogens with one attached hydrogen (secondary N) is 1. The predicted octanol–water partition coefficient (Wildman–Crippen LogP) is 3.39. The van der Waals surface area contributed by atoms with E-state index < -0.39 is 10.0 Å². The Hall–Kier alpha value is -2.00. The van der Waals surface area contributed by atoms with Crippen LogP contribution < -0.4 is 18.9 Å². The minimum absolute atomic E-state index is 0. The summed E-state index contributed by atoms with van der Waals surface area (Å²) in [5.74, 6) is 1.82. The smallest absolute Gasteiger partial charge is 0.240 e. The molecule has 2 aromatic carbocycles. The Morgan fingerprint density at radius 2 is 1.68 bits per heavy atom. The molecular formula is C22H29ClN2O5S. The van der Waals surface area contributed by atoms with E-state index in [2.05, 4.69) is 9.62 Å². The fourth-order valence-corrected chi connectivity index (χ4v) is 5.03. The number of rotatable bonds is 7. The van der Waals surface area contributed by atoms with E-state index in [-0.39, 0.29) is 23.3 Å². The van der Waals surface area contributed by atoms with Crippen molar-refractivity contribution in [2.45, 2.75) is 30.2 Å². The van der Waals surface area contributed by atoms with Gasteiger partial charge >= 0.3 is 0 Å². The number of hydrogen-bond acceptors (Lipinski definition) is 6. The third-order valence-corrected chi connectivity index (χ3v) is 7.04. The zero-order chi connectivity index (χ0) is 21.0. The summed E-state index contributed by atoms with van der Waals surface area (Å²) in [6, 6.07) is 12.5. The first kappa shape index (κ1) is 23.7. The molecule has 0 aromatic heterocycles. The first-order valence-electron chi connectivity index (χ1n) is 10.3. The van der Waals surface area contributed by atoms with E-state index in [9.17, 15) is 8.42 Å². The molecule has 0 spiro atoms. The van der Waals surface area contributed by atoms with Gasteiger partial charge in [-0.25, -0.2) is 13.1 Å².